The Morgan fingerprint density at radius 2 is 0.658 bits per heavy atom. The van der Waals surface area contributed by atoms with Crippen LogP contribution in [0.5, 0.6) is 0 Å². The molecule has 2 heteroatoms. The highest BCUT2D eigenvalue weighted by Crippen LogP contribution is 2.25. The van der Waals surface area contributed by atoms with Gasteiger partial charge in [-0.15, -0.1) is 0 Å². The summed E-state index contributed by atoms with van der Waals surface area (Å²) in [5, 5.41) is 0. The number of hydrogen-bond donors (Lipinski definition) is 1. The van der Waals surface area contributed by atoms with Gasteiger partial charge in [-0.2, -0.15) is 0 Å². The van der Waals surface area contributed by atoms with Crippen molar-refractivity contribution in [3.63, 3.8) is 0 Å². The van der Waals surface area contributed by atoms with Gasteiger partial charge in [0.15, 0.2) is 0 Å². The molecule has 0 radical (unpaired) electrons. The molecule has 2 atom stereocenters. The summed E-state index contributed by atoms with van der Waals surface area (Å²) in [5.41, 5.74) is 5.80. The Morgan fingerprint density at radius 1 is 0.421 bits per heavy atom. The van der Waals surface area contributed by atoms with Crippen LogP contribution in [0, 0.1) is 11.8 Å². The number of carbonyl (C=O) groups is 1. The molecule has 0 aliphatic rings. The molecule has 0 heterocycles. The Balaban J connectivity index is 3.52. The highest BCUT2D eigenvalue weighted by molar-refractivity contribution is 5.76. The zero-order chi connectivity index (χ0) is 27.9. The average Bonchev–Trinajstić information content (AvgIpc) is 2.90. The summed E-state index contributed by atoms with van der Waals surface area (Å²) in [4.78, 5) is 12.1. The van der Waals surface area contributed by atoms with Crippen LogP contribution in [0.2, 0.25) is 0 Å². The lowest BCUT2D eigenvalue weighted by atomic mass is 9.84. The van der Waals surface area contributed by atoms with Crippen LogP contribution < -0.4 is 5.73 Å². The highest BCUT2D eigenvalue weighted by Gasteiger charge is 2.21. The zero-order valence-corrected chi connectivity index (χ0v) is 26.9. The minimum Gasteiger partial charge on any atom is -0.369 e. The first-order valence-corrected chi connectivity index (χ1v) is 17.9. The maximum Gasteiger partial charge on any atom is 0.220 e. The van der Waals surface area contributed by atoms with Crippen molar-refractivity contribution in [3.05, 3.63) is 0 Å². The van der Waals surface area contributed by atoms with Gasteiger partial charge in [0.25, 0.3) is 0 Å². The van der Waals surface area contributed by atoms with Gasteiger partial charge in [0.05, 0.1) is 0 Å². The molecule has 0 spiro atoms. The van der Waals surface area contributed by atoms with Crippen LogP contribution in [0.3, 0.4) is 0 Å². The summed E-state index contributed by atoms with van der Waals surface area (Å²) < 4.78 is 0. The van der Waals surface area contributed by atoms with Gasteiger partial charge in [0.1, 0.15) is 0 Å². The van der Waals surface area contributed by atoms with E-state index in [4.69, 9.17) is 5.73 Å². The summed E-state index contributed by atoms with van der Waals surface area (Å²) in [5.74, 6) is 0.485. The van der Waals surface area contributed by atoms with Crippen molar-refractivity contribution in [2.75, 3.05) is 0 Å². The van der Waals surface area contributed by atoms with Gasteiger partial charge in [-0.3, -0.25) is 4.79 Å². The lowest BCUT2D eigenvalue weighted by molar-refractivity contribution is -0.123. The second kappa shape index (κ2) is 31.0. The summed E-state index contributed by atoms with van der Waals surface area (Å²) in [6.07, 6.45) is 41.1. The van der Waals surface area contributed by atoms with E-state index in [9.17, 15) is 4.79 Å². The smallest absolute Gasteiger partial charge is 0.220 e. The van der Waals surface area contributed by atoms with Crippen LogP contribution in [-0.4, -0.2) is 5.91 Å². The maximum absolute atomic E-state index is 12.1. The van der Waals surface area contributed by atoms with E-state index in [0.29, 0.717) is 5.92 Å². The standard InChI is InChI=1S/C36H73NO/c1-4-6-8-10-12-14-16-18-19-20-21-22-24-26-28-30-32-34(3)35(36(37)38)33-31-29-27-25-23-17-15-13-11-9-7-5-2/h34-35H,4-33H2,1-3H3,(H2,37,38). The predicted octanol–water partition coefficient (Wildman–Crippen LogP) is 12.5. The zero-order valence-electron chi connectivity index (χ0n) is 26.9. The fourth-order valence-electron chi connectivity index (χ4n) is 6.13. The normalized spacial score (nSPS) is 13.1. The van der Waals surface area contributed by atoms with E-state index in [1.54, 1.807) is 0 Å². The largest absolute Gasteiger partial charge is 0.369 e. The van der Waals surface area contributed by atoms with E-state index >= 15 is 0 Å². The molecule has 1 amide bonds. The maximum atomic E-state index is 12.1. The molecule has 228 valence electrons. The Morgan fingerprint density at radius 3 is 0.921 bits per heavy atom. The van der Waals surface area contributed by atoms with Crippen molar-refractivity contribution in [1.82, 2.24) is 0 Å². The average molecular weight is 536 g/mol. The first-order valence-electron chi connectivity index (χ1n) is 17.9. The number of amides is 1. The Kier molecular flexibility index (Phi) is 30.6. The summed E-state index contributed by atoms with van der Waals surface area (Å²) >= 11 is 0. The van der Waals surface area contributed by atoms with Crippen molar-refractivity contribution in [2.24, 2.45) is 17.6 Å². The quantitative estimate of drug-likeness (QED) is 0.0855. The molecule has 0 saturated heterocycles. The molecule has 0 aromatic rings. The van der Waals surface area contributed by atoms with Crippen LogP contribution in [0.1, 0.15) is 213 Å². The molecule has 2 unspecified atom stereocenters. The lowest BCUT2D eigenvalue weighted by Gasteiger charge is -2.21. The number of carbonyl (C=O) groups excluding carboxylic acids is 1. The predicted molar refractivity (Wildman–Crippen MR) is 172 cm³/mol. The minimum absolute atomic E-state index is 0.0583. The fourth-order valence-corrected chi connectivity index (χ4v) is 6.13. The Hall–Kier alpha value is -0.530. The lowest BCUT2D eigenvalue weighted by Crippen LogP contribution is -2.28. The van der Waals surface area contributed by atoms with E-state index in [0.717, 1.165) is 6.42 Å². The van der Waals surface area contributed by atoms with Crippen molar-refractivity contribution < 1.29 is 4.79 Å². The monoisotopic (exact) mass is 536 g/mol. The van der Waals surface area contributed by atoms with Crippen LogP contribution in [-0.2, 0) is 4.79 Å². The molecule has 0 aliphatic carbocycles. The molecule has 0 aromatic heterocycles. The minimum atomic E-state index is -0.0583. The summed E-state index contributed by atoms with van der Waals surface area (Å²) in [6, 6.07) is 0. The van der Waals surface area contributed by atoms with E-state index in [1.165, 1.54) is 186 Å². The second-order valence-corrected chi connectivity index (χ2v) is 12.8. The third kappa shape index (κ3) is 27.1. The number of primary amides is 1. The van der Waals surface area contributed by atoms with Crippen LogP contribution in [0.4, 0.5) is 0 Å². The summed E-state index contributed by atoms with van der Waals surface area (Å²) in [6.45, 7) is 6.85. The first-order chi connectivity index (χ1) is 18.6. The fraction of sp³-hybridized carbons (Fsp3) is 0.972. The molecule has 38 heavy (non-hydrogen) atoms. The summed E-state index contributed by atoms with van der Waals surface area (Å²) in [7, 11) is 0. The van der Waals surface area contributed by atoms with Gasteiger partial charge >= 0.3 is 0 Å². The number of nitrogens with two attached hydrogens (primary N) is 1. The number of hydrogen-bond acceptors (Lipinski definition) is 1. The Labute approximate surface area is 241 Å². The van der Waals surface area contributed by atoms with Gasteiger partial charge < -0.3 is 5.73 Å². The molecule has 2 N–H and O–H groups in total. The van der Waals surface area contributed by atoms with Crippen molar-refractivity contribution in [2.45, 2.75) is 213 Å². The molecule has 2 nitrogen and oxygen atoms in total. The first kappa shape index (κ1) is 37.5. The van der Waals surface area contributed by atoms with Gasteiger partial charge in [-0.05, 0) is 18.8 Å². The molecular formula is C36H73NO. The number of unbranched alkanes of at least 4 members (excludes halogenated alkanes) is 26. The number of rotatable bonds is 32. The molecule has 0 saturated carbocycles. The van der Waals surface area contributed by atoms with Gasteiger partial charge in [-0.1, -0.05) is 201 Å². The van der Waals surface area contributed by atoms with E-state index in [-0.39, 0.29) is 11.8 Å². The Bertz CT molecular complexity index is 462. The SMILES string of the molecule is CCCCCCCCCCCCCCCCCCC(C)C(CCCCCCCCCCCCCC)C(N)=O. The van der Waals surface area contributed by atoms with Crippen LogP contribution in [0.15, 0.2) is 0 Å². The topological polar surface area (TPSA) is 43.1 Å². The molecule has 0 aliphatic heterocycles. The highest BCUT2D eigenvalue weighted by atomic mass is 16.1. The van der Waals surface area contributed by atoms with Gasteiger partial charge in [0, 0.05) is 5.92 Å². The van der Waals surface area contributed by atoms with E-state index < -0.39 is 0 Å². The molecular weight excluding hydrogens is 462 g/mol. The van der Waals surface area contributed by atoms with E-state index in [2.05, 4.69) is 20.8 Å². The second-order valence-electron chi connectivity index (χ2n) is 12.8. The van der Waals surface area contributed by atoms with Crippen LogP contribution in [0.25, 0.3) is 0 Å². The molecule has 0 rings (SSSR count). The van der Waals surface area contributed by atoms with E-state index in [1.807, 2.05) is 0 Å². The van der Waals surface area contributed by atoms with Crippen molar-refractivity contribution >= 4 is 5.91 Å². The molecule has 0 fully saturated rings. The van der Waals surface area contributed by atoms with Crippen molar-refractivity contribution in [1.29, 1.82) is 0 Å². The van der Waals surface area contributed by atoms with Crippen molar-refractivity contribution in [3.8, 4) is 0 Å². The van der Waals surface area contributed by atoms with Gasteiger partial charge in [-0.25, -0.2) is 0 Å². The third-order valence-electron chi connectivity index (χ3n) is 8.93. The molecule has 0 aromatic carbocycles. The molecule has 0 bridgehead atoms. The van der Waals surface area contributed by atoms with Crippen LogP contribution >= 0.6 is 0 Å². The third-order valence-corrected chi connectivity index (χ3v) is 8.93. The van der Waals surface area contributed by atoms with Gasteiger partial charge in [0.2, 0.25) is 5.91 Å².